The minimum absolute atomic E-state index is 0. The van der Waals surface area contributed by atoms with Crippen LogP contribution < -0.4 is 14.5 Å². The van der Waals surface area contributed by atoms with Gasteiger partial charge in [-0.15, -0.1) is 12.4 Å². The molecular weight excluding hydrogens is 430 g/mol. The first kappa shape index (κ1) is 26.5. The molecule has 1 saturated carbocycles. The van der Waals surface area contributed by atoms with E-state index >= 15 is 0 Å². The molecule has 2 heterocycles. The Labute approximate surface area is 209 Å². The first-order valence-corrected chi connectivity index (χ1v) is 13.2. The number of anilines is 2. The van der Waals surface area contributed by atoms with Crippen LogP contribution in [-0.4, -0.2) is 57.8 Å². The summed E-state index contributed by atoms with van der Waals surface area (Å²) in [5.41, 5.74) is 4.78. The second-order valence-corrected chi connectivity index (χ2v) is 12.1. The predicted octanol–water partition coefficient (Wildman–Crippen LogP) is 6.43. The molecule has 0 spiro atoms. The van der Waals surface area contributed by atoms with E-state index in [0.29, 0.717) is 11.3 Å². The lowest BCUT2D eigenvalue weighted by Crippen LogP contribution is -2.47. The number of ether oxygens (including phenoxy) is 1. The summed E-state index contributed by atoms with van der Waals surface area (Å²) in [4.78, 5) is 7.71. The quantitative estimate of drug-likeness (QED) is 0.486. The third kappa shape index (κ3) is 6.31. The molecule has 2 aliphatic heterocycles. The van der Waals surface area contributed by atoms with E-state index < -0.39 is 0 Å². The van der Waals surface area contributed by atoms with Crippen molar-refractivity contribution in [3.63, 3.8) is 0 Å². The van der Waals surface area contributed by atoms with Gasteiger partial charge in [0.15, 0.2) is 0 Å². The van der Waals surface area contributed by atoms with Crippen molar-refractivity contribution >= 4 is 23.8 Å². The van der Waals surface area contributed by atoms with E-state index in [1.54, 1.807) is 5.56 Å². The molecule has 1 saturated heterocycles. The molecule has 3 aliphatic rings. The molecule has 0 amide bonds. The van der Waals surface area contributed by atoms with Crippen LogP contribution in [-0.2, 0) is 0 Å². The molecular formula is C28H48ClN3O. The van der Waals surface area contributed by atoms with Gasteiger partial charge in [0, 0.05) is 45.0 Å². The van der Waals surface area contributed by atoms with Crippen molar-refractivity contribution in [3.8, 4) is 5.75 Å². The van der Waals surface area contributed by atoms with Crippen LogP contribution in [0.15, 0.2) is 12.1 Å². The zero-order valence-electron chi connectivity index (χ0n) is 22.0. The first-order chi connectivity index (χ1) is 15.2. The Bertz CT molecular complexity index is 759. The average Bonchev–Trinajstić information content (AvgIpc) is 2.77. The standard InChI is InChI=1S/C28H47N3O.ClH/c1-21(2)11-12-30-13-15-31(16-14-30)25-20-27-26(29(6)17-18-32-27)19-24(25)22-7-9-23(10-8-22)28(3,4)5;/h19-23H,7-18H2,1-6H3;1H. The van der Waals surface area contributed by atoms with Crippen molar-refractivity contribution in [1.29, 1.82) is 0 Å². The summed E-state index contributed by atoms with van der Waals surface area (Å²) in [6, 6.07) is 4.89. The molecule has 1 aliphatic carbocycles. The van der Waals surface area contributed by atoms with Gasteiger partial charge in [0.2, 0.25) is 0 Å². The van der Waals surface area contributed by atoms with Crippen LogP contribution in [0.25, 0.3) is 0 Å². The Morgan fingerprint density at radius 2 is 1.61 bits per heavy atom. The van der Waals surface area contributed by atoms with Gasteiger partial charge in [-0.1, -0.05) is 34.6 Å². The van der Waals surface area contributed by atoms with Gasteiger partial charge in [0.05, 0.1) is 12.2 Å². The van der Waals surface area contributed by atoms with Crippen LogP contribution in [0.4, 0.5) is 11.4 Å². The summed E-state index contributed by atoms with van der Waals surface area (Å²) in [6.45, 7) is 19.6. The summed E-state index contributed by atoms with van der Waals surface area (Å²) in [7, 11) is 2.22. The van der Waals surface area contributed by atoms with Crippen LogP contribution in [0, 0.1) is 17.3 Å². The molecule has 4 rings (SSSR count). The van der Waals surface area contributed by atoms with Gasteiger partial charge < -0.3 is 14.5 Å². The van der Waals surface area contributed by atoms with Crippen molar-refractivity contribution in [1.82, 2.24) is 4.90 Å². The van der Waals surface area contributed by atoms with Crippen LogP contribution in [0.3, 0.4) is 0 Å². The fourth-order valence-corrected chi connectivity index (χ4v) is 5.93. The third-order valence-corrected chi connectivity index (χ3v) is 8.33. The minimum atomic E-state index is 0. The second kappa shape index (κ2) is 11.1. The van der Waals surface area contributed by atoms with Crippen molar-refractivity contribution in [2.75, 3.05) is 62.7 Å². The number of halogens is 1. The highest BCUT2D eigenvalue weighted by atomic mass is 35.5. The maximum absolute atomic E-state index is 6.14. The van der Waals surface area contributed by atoms with Crippen molar-refractivity contribution < 1.29 is 4.74 Å². The highest BCUT2D eigenvalue weighted by Gasteiger charge is 2.33. The number of piperazine rings is 1. The molecule has 5 heteroatoms. The molecule has 1 aromatic rings. The topological polar surface area (TPSA) is 19.0 Å². The van der Waals surface area contributed by atoms with E-state index in [1.165, 1.54) is 63.1 Å². The minimum Gasteiger partial charge on any atom is -0.489 e. The normalized spacial score (nSPS) is 24.3. The van der Waals surface area contributed by atoms with Crippen LogP contribution in [0.1, 0.15) is 78.2 Å². The Balaban J connectivity index is 0.00000306. The number of likely N-dealkylation sites (N-methyl/N-ethyl adjacent to an activating group) is 1. The predicted molar refractivity (Wildman–Crippen MR) is 145 cm³/mol. The lowest BCUT2D eigenvalue weighted by Gasteiger charge is -2.41. The van der Waals surface area contributed by atoms with E-state index in [1.807, 2.05) is 0 Å². The van der Waals surface area contributed by atoms with Crippen LogP contribution >= 0.6 is 12.4 Å². The number of benzene rings is 1. The van der Waals surface area contributed by atoms with E-state index in [-0.39, 0.29) is 12.4 Å². The monoisotopic (exact) mass is 477 g/mol. The van der Waals surface area contributed by atoms with Gasteiger partial charge in [0.1, 0.15) is 12.4 Å². The lowest BCUT2D eigenvalue weighted by atomic mass is 9.68. The number of hydrogen-bond donors (Lipinski definition) is 0. The summed E-state index contributed by atoms with van der Waals surface area (Å²) in [6.07, 6.45) is 6.68. The summed E-state index contributed by atoms with van der Waals surface area (Å²) < 4.78 is 6.14. The molecule has 0 N–H and O–H groups in total. The Hall–Kier alpha value is -1.13. The van der Waals surface area contributed by atoms with E-state index in [0.717, 1.165) is 43.8 Å². The smallest absolute Gasteiger partial charge is 0.144 e. The first-order valence-electron chi connectivity index (χ1n) is 13.2. The molecule has 0 aromatic heterocycles. The van der Waals surface area contributed by atoms with Gasteiger partial charge in [0.25, 0.3) is 0 Å². The van der Waals surface area contributed by atoms with Crippen molar-refractivity contribution in [2.45, 2.75) is 72.6 Å². The lowest BCUT2D eigenvalue weighted by molar-refractivity contribution is 0.169. The van der Waals surface area contributed by atoms with Gasteiger partial charge in [-0.2, -0.15) is 0 Å². The molecule has 0 unspecified atom stereocenters. The fourth-order valence-electron chi connectivity index (χ4n) is 5.93. The summed E-state index contributed by atoms with van der Waals surface area (Å²) in [5.74, 6) is 3.42. The molecule has 1 aromatic carbocycles. The van der Waals surface area contributed by atoms with Gasteiger partial charge in [-0.3, -0.25) is 4.90 Å². The Morgan fingerprint density at radius 3 is 2.21 bits per heavy atom. The Kier molecular flexibility index (Phi) is 8.88. The molecule has 33 heavy (non-hydrogen) atoms. The van der Waals surface area contributed by atoms with Gasteiger partial charge >= 0.3 is 0 Å². The maximum Gasteiger partial charge on any atom is 0.144 e. The SMILES string of the molecule is CC(C)CCN1CCN(c2cc3c(cc2C2CCC(C(C)(C)C)CC2)N(C)CCO3)CC1.Cl. The number of rotatable bonds is 5. The number of fused-ring (bicyclic) bond motifs is 1. The average molecular weight is 478 g/mol. The highest BCUT2D eigenvalue weighted by Crippen LogP contribution is 2.48. The summed E-state index contributed by atoms with van der Waals surface area (Å²) in [5, 5.41) is 0. The van der Waals surface area contributed by atoms with Gasteiger partial charge in [-0.05, 0) is 73.4 Å². The molecule has 0 atom stereocenters. The van der Waals surface area contributed by atoms with Crippen LogP contribution in [0.5, 0.6) is 5.75 Å². The Morgan fingerprint density at radius 1 is 0.939 bits per heavy atom. The third-order valence-electron chi connectivity index (χ3n) is 8.33. The molecule has 0 bridgehead atoms. The highest BCUT2D eigenvalue weighted by molar-refractivity contribution is 5.85. The molecule has 2 fully saturated rings. The second-order valence-electron chi connectivity index (χ2n) is 12.1. The molecule has 4 nitrogen and oxygen atoms in total. The van der Waals surface area contributed by atoms with Gasteiger partial charge in [-0.25, -0.2) is 0 Å². The van der Waals surface area contributed by atoms with Crippen molar-refractivity contribution in [3.05, 3.63) is 17.7 Å². The largest absolute Gasteiger partial charge is 0.489 e. The zero-order chi connectivity index (χ0) is 22.9. The zero-order valence-corrected chi connectivity index (χ0v) is 22.8. The molecule has 188 valence electrons. The van der Waals surface area contributed by atoms with E-state index in [9.17, 15) is 0 Å². The number of hydrogen-bond acceptors (Lipinski definition) is 4. The van der Waals surface area contributed by atoms with E-state index in [4.69, 9.17) is 4.74 Å². The maximum atomic E-state index is 6.14. The summed E-state index contributed by atoms with van der Waals surface area (Å²) >= 11 is 0. The fraction of sp³-hybridized carbons (Fsp3) is 0.786. The van der Waals surface area contributed by atoms with Crippen LogP contribution in [0.2, 0.25) is 0 Å². The van der Waals surface area contributed by atoms with E-state index in [2.05, 4.69) is 68.5 Å². The molecule has 0 radical (unpaired) electrons. The van der Waals surface area contributed by atoms with Crippen molar-refractivity contribution in [2.24, 2.45) is 17.3 Å². The number of nitrogens with zero attached hydrogens (tertiary/aromatic N) is 3.